The molecule has 0 aliphatic carbocycles. The van der Waals surface area contributed by atoms with Crippen molar-refractivity contribution in [1.29, 1.82) is 0 Å². The third-order valence-electron chi connectivity index (χ3n) is 0. The van der Waals surface area contributed by atoms with Crippen LogP contribution in [0.25, 0.3) is 0 Å². The Morgan fingerprint density at radius 3 is 1.00 bits per heavy atom. The van der Waals surface area contributed by atoms with E-state index in [0.29, 0.717) is 0 Å². The van der Waals surface area contributed by atoms with Crippen molar-refractivity contribution in [2.45, 2.75) is 0 Å². The molecular formula is H5AlCuMgScTiZnZr. The molecule has 0 N–H and O–H groups in total. The van der Waals surface area contributed by atoms with Crippen LogP contribution in [0.4, 0.5) is 0 Å². The zero-order valence-corrected chi connectivity index (χ0v) is 12.3. The van der Waals surface area contributed by atoms with Crippen LogP contribution in [0.5, 0.6) is 0 Å². The first-order valence-corrected chi connectivity index (χ1v) is 0. The molecule has 0 amide bonds. The fourth-order valence-electron chi connectivity index (χ4n) is 0. The van der Waals surface area contributed by atoms with Gasteiger partial charge in [-0.3, -0.25) is 0 Å². The summed E-state index contributed by atoms with van der Waals surface area (Å²) >= 11 is 0. The maximum absolute atomic E-state index is 0. The standard InChI is InChI=1S/Al.Cu.Mg.Sc.Ti.Zn.Zr.5H. The summed E-state index contributed by atoms with van der Waals surface area (Å²) in [7, 11) is 0. The third kappa shape index (κ3) is 35.9. The van der Waals surface area contributed by atoms with Gasteiger partial charge in [-0.25, -0.2) is 0 Å². The zero-order valence-electron chi connectivity index (χ0n) is 2.59. The molecule has 2 radical (unpaired) electrons. The summed E-state index contributed by atoms with van der Waals surface area (Å²) in [5, 5.41) is 0. The summed E-state index contributed by atoms with van der Waals surface area (Å²) in [6, 6.07) is 0. The van der Waals surface area contributed by atoms with E-state index in [-0.39, 0.29) is 151 Å². The first kappa shape index (κ1) is 58.8. The Hall–Kier alpha value is 4.91. The molecule has 0 bridgehead atoms. The third-order valence-corrected chi connectivity index (χ3v) is 0. The predicted molar refractivity (Wildman–Crippen MR) is 18.5 cm³/mol. The van der Waals surface area contributed by atoms with Crippen LogP contribution in [-0.4, -0.2) is 40.4 Å². The van der Waals surface area contributed by atoms with Gasteiger partial charge in [-0.15, -0.1) is 0 Å². The molecule has 7 heteroatoms. The summed E-state index contributed by atoms with van der Waals surface area (Å²) in [5.74, 6) is 0. The van der Waals surface area contributed by atoms with Gasteiger partial charge in [0.1, 0.15) is 0 Å². The van der Waals surface area contributed by atoms with Crippen molar-refractivity contribution >= 4 is 40.4 Å². The second-order valence-electron chi connectivity index (χ2n) is 0. The van der Waals surface area contributed by atoms with Gasteiger partial charge in [0.15, 0.2) is 17.4 Å². The molecule has 0 heterocycles. The first-order valence-electron chi connectivity index (χ1n) is 0. The Bertz CT molecular complexity index is 19.7. The number of hydrogen-bond donors (Lipinski definition) is 0. The maximum atomic E-state index is 0. The Balaban J connectivity index is 0. The van der Waals surface area contributed by atoms with Gasteiger partial charge in [0.25, 0.3) is 0 Å². The second kappa shape index (κ2) is 44.4. The fourth-order valence-corrected chi connectivity index (χ4v) is 0. The van der Waals surface area contributed by atoms with E-state index in [2.05, 4.69) is 0 Å². The molecule has 0 aromatic carbocycles. The van der Waals surface area contributed by atoms with Crippen LogP contribution in [0, 0.1) is 0 Å². The minimum Gasteiger partial charge on any atom is 0 e. The Kier molecular flexibility index (Phi) is 373. The Morgan fingerprint density at radius 1 is 1.00 bits per heavy atom. The van der Waals surface area contributed by atoms with Crippen molar-refractivity contribution in [2.24, 2.45) is 0 Å². The largest absolute Gasteiger partial charge is 0.316 e. The predicted octanol–water partition coefficient (Wildman–Crippen LogP) is -2.11. The van der Waals surface area contributed by atoms with Gasteiger partial charge in [-0.2, -0.15) is 0 Å². The Morgan fingerprint density at radius 2 is 1.00 bits per heavy atom. The van der Waals surface area contributed by atoms with E-state index in [0.717, 1.165) is 0 Å². The number of rotatable bonds is 0. The molecule has 0 aromatic heterocycles. The van der Waals surface area contributed by atoms with Gasteiger partial charge in [0, 0.05) is 110 Å². The van der Waals surface area contributed by atoms with Crippen LogP contribution >= 0.6 is 0 Å². The SMILES string of the molecule is [AlH3].[Cu].[MgH2].[Sc].[Ti].[Zn].[Zr]. The molecule has 0 nitrogen and oxygen atoms in total. The van der Waals surface area contributed by atoms with Crippen molar-refractivity contribution in [3.05, 3.63) is 0 Å². The van der Waals surface area contributed by atoms with E-state index in [1.165, 1.54) is 0 Å². The van der Waals surface area contributed by atoms with E-state index in [9.17, 15) is 0 Å². The average Bonchev–Trinajstić information content (AvgIpc) is 0. The molecule has 0 aromatic rings. The van der Waals surface area contributed by atoms with Crippen LogP contribution < -0.4 is 0 Å². The van der Waals surface area contributed by atoms with Gasteiger partial charge in [0.2, 0.25) is 0 Å². The van der Waals surface area contributed by atoms with Crippen molar-refractivity contribution in [1.82, 2.24) is 0 Å². The minimum atomic E-state index is 0. The van der Waals surface area contributed by atoms with Crippen LogP contribution in [0.15, 0.2) is 0 Å². The molecule has 0 saturated carbocycles. The van der Waals surface area contributed by atoms with Crippen molar-refractivity contribution in [3.8, 4) is 0 Å². The minimum absolute atomic E-state index is 0. The monoisotopic (exact) mass is 366 g/mol. The van der Waals surface area contributed by atoms with E-state index in [1.54, 1.807) is 0 Å². The summed E-state index contributed by atoms with van der Waals surface area (Å²) in [6.45, 7) is 0. The molecule has 0 atom stereocenters. The molecule has 0 saturated heterocycles. The smallest absolute Gasteiger partial charge is 0 e. The molecule has 0 aliphatic heterocycles. The molecule has 0 aliphatic rings. The van der Waals surface area contributed by atoms with Gasteiger partial charge >= 0.3 is 23.1 Å². The first-order chi connectivity index (χ1) is 0. The Labute approximate surface area is 147 Å². The zero-order chi connectivity index (χ0) is 0. The van der Waals surface area contributed by atoms with Gasteiger partial charge in [-0.05, 0) is 0 Å². The second-order valence-corrected chi connectivity index (χ2v) is 0. The van der Waals surface area contributed by atoms with E-state index < -0.39 is 0 Å². The van der Waals surface area contributed by atoms with Crippen molar-refractivity contribution in [2.75, 3.05) is 0 Å². The molecule has 0 spiro atoms. The fraction of sp³-hybridized carbons (Fsp3) is 0. The topological polar surface area (TPSA) is 0 Å². The molecular weight excluding hydrogens is 364 g/mol. The van der Waals surface area contributed by atoms with E-state index in [4.69, 9.17) is 0 Å². The summed E-state index contributed by atoms with van der Waals surface area (Å²) < 4.78 is 0. The van der Waals surface area contributed by atoms with Crippen molar-refractivity contribution in [3.63, 3.8) is 0 Å². The molecule has 7 heavy (non-hydrogen) atoms. The number of hydrogen-bond acceptors (Lipinski definition) is 0. The van der Waals surface area contributed by atoms with Gasteiger partial charge in [0.05, 0.1) is 0 Å². The normalized spacial score (nSPS) is 0. The quantitative estimate of drug-likeness (QED) is 0.429. The van der Waals surface area contributed by atoms with E-state index in [1.807, 2.05) is 0 Å². The van der Waals surface area contributed by atoms with Crippen LogP contribution in [0.3, 0.4) is 0 Å². The molecule has 34 valence electrons. The summed E-state index contributed by atoms with van der Waals surface area (Å²) in [4.78, 5) is 0. The summed E-state index contributed by atoms with van der Waals surface area (Å²) in [5.41, 5.74) is 0. The van der Waals surface area contributed by atoms with E-state index >= 15 is 0 Å². The van der Waals surface area contributed by atoms with Crippen LogP contribution in [0.1, 0.15) is 0 Å². The van der Waals surface area contributed by atoms with Gasteiger partial charge < -0.3 is 0 Å². The summed E-state index contributed by atoms with van der Waals surface area (Å²) in [6.07, 6.45) is 0. The van der Waals surface area contributed by atoms with Crippen molar-refractivity contribution < 1.29 is 110 Å². The van der Waals surface area contributed by atoms with Crippen LogP contribution in [-0.2, 0) is 110 Å². The van der Waals surface area contributed by atoms with Crippen LogP contribution in [0.2, 0.25) is 0 Å². The molecule has 0 rings (SSSR count). The molecule has 0 unspecified atom stereocenters. The maximum Gasteiger partial charge on any atom is 0.316 e. The van der Waals surface area contributed by atoms with Gasteiger partial charge in [-0.1, -0.05) is 0 Å². The average molecular weight is 369 g/mol. The molecule has 0 fully saturated rings.